The second-order valence-corrected chi connectivity index (χ2v) is 6.95. The second kappa shape index (κ2) is 7.48. The predicted octanol–water partition coefficient (Wildman–Crippen LogP) is 4.70. The highest BCUT2D eigenvalue weighted by molar-refractivity contribution is 6.23. The molecule has 1 fully saturated rings. The Kier molecular flexibility index (Phi) is 4.91. The molecule has 0 aromatic heterocycles. The summed E-state index contributed by atoms with van der Waals surface area (Å²) in [6.07, 6.45) is 0. The molecule has 1 unspecified atom stereocenters. The zero-order valence-electron chi connectivity index (χ0n) is 14.8. The highest BCUT2D eigenvalue weighted by Gasteiger charge is 2.22. The minimum atomic E-state index is 0.418. The average Bonchev–Trinajstić information content (AvgIpc) is 2.69. The molecule has 1 heterocycles. The van der Waals surface area contributed by atoms with Crippen molar-refractivity contribution in [2.45, 2.75) is 13.0 Å². The van der Waals surface area contributed by atoms with Crippen LogP contribution < -0.4 is 5.32 Å². The summed E-state index contributed by atoms with van der Waals surface area (Å²) in [5.41, 5.74) is 3.45. The first-order chi connectivity index (χ1) is 12.8. The normalized spacial score (nSPS) is 18.3. The van der Waals surface area contributed by atoms with Crippen molar-refractivity contribution in [1.29, 1.82) is 0 Å². The van der Waals surface area contributed by atoms with E-state index in [0.717, 1.165) is 36.6 Å². The summed E-state index contributed by atoms with van der Waals surface area (Å²) >= 11 is 6.09. The van der Waals surface area contributed by atoms with E-state index in [-0.39, 0.29) is 0 Å². The topological polar surface area (TPSA) is 27.6 Å². The van der Waals surface area contributed by atoms with E-state index in [0.29, 0.717) is 6.04 Å². The molecule has 0 amide bonds. The number of fused-ring (bicyclic) bond motifs is 1. The van der Waals surface area contributed by atoms with Gasteiger partial charge in [-0.3, -0.25) is 0 Å². The lowest BCUT2D eigenvalue weighted by atomic mass is 9.93. The van der Waals surface area contributed by atoms with Crippen molar-refractivity contribution in [3.63, 3.8) is 0 Å². The van der Waals surface area contributed by atoms with Gasteiger partial charge in [-0.1, -0.05) is 66.7 Å². The molecule has 1 N–H and O–H groups in total. The maximum Gasteiger partial charge on any atom is 0.151 e. The molecule has 0 spiro atoms. The Morgan fingerprint density at radius 2 is 1.73 bits per heavy atom. The Morgan fingerprint density at radius 3 is 2.58 bits per heavy atom. The third kappa shape index (κ3) is 3.20. The van der Waals surface area contributed by atoms with E-state index < -0.39 is 0 Å². The molecule has 0 aliphatic carbocycles. The highest BCUT2D eigenvalue weighted by atomic mass is 35.5. The van der Waals surface area contributed by atoms with E-state index in [4.69, 9.17) is 11.8 Å². The van der Waals surface area contributed by atoms with Gasteiger partial charge >= 0.3 is 0 Å². The average molecular weight is 364 g/mol. The molecule has 3 nitrogen and oxygen atoms in total. The van der Waals surface area contributed by atoms with Crippen molar-refractivity contribution in [3.05, 3.63) is 72.3 Å². The molecule has 0 bridgehead atoms. The standard InChI is InChI=1S/C22H22ClN3/c1-16-15-26(14-13-24-16)22(25-23)21-11-5-4-10-20(21)19-12-6-8-17-7-2-3-9-18(17)19/h2-12,16,24H,13-15H2,1H3/b25-22-. The van der Waals surface area contributed by atoms with Crippen LogP contribution in [0.5, 0.6) is 0 Å². The van der Waals surface area contributed by atoms with Gasteiger partial charge in [0, 0.05) is 43.0 Å². The number of hydrogen-bond acceptors (Lipinski definition) is 2. The Hall–Kier alpha value is -2.36. The van der Waals surface area contributed by atoms with Crippen molar-refractivity contribution in [3.8, 4) is 11.1 Å². The molecule has 26 heavy (non-hydrogen) atoms. The third-order valence-electron chi connectivity index (χ3n) is 5.00. The van der Waals surface area contributed by atoms with Crippen LogP contribution in [0.3, 0.4) is 0 Å². The minimum Gasteiger partial charge on any atom is -0.352 e. The van der Waals surface area contributed by atoms with E-state index in [1.54, 1.807) is 0 Å². The largest absolute Gasteiger partial charge is 0.352 e. The lowest BCUT2D eigenvalue weighted by molar-refractivity contribution is 0.304. The number of piperazine rings is 1. The first-order valence-corrected chi connectivity index (χ1v) is 9.36. The van der Waals surface area contributed by atoms with Crippen LogP contribution in [0.25, 0.3) is 21.9 Å². The number of benzene rings is 3. The summed E-state index contributed by atoms with van der Waals surface area (Å²) < 4.78 is 4.17. The van der Waals surface area contributed by atoms with Crippen molar-refractivity contribution in [2.75, 3.05) is 19.6 Å². The second-order valence-electron chi connectivity index (χ2n) is 6.78. The molecular formula is C22H22ClN3. The maximum atomic E-state index is 6.09. The first kappa shape index (κ1) is 17.1. The number of hydrogen-bond donors (Lipinski definition) is 1. The number of halogens is 1. The molecule has 1 aliphatic rings. The van der Waals surface area contributed by atoms with Crippen LogP contribution in [0.15, 0.2) is 71.2 Å². The van der Waals surface area contributed by atoms with Gasteiger partial charge in [0.15, 0.2) is 5.84 Å². The zero-order valence-corrected chi connectivity index (χ0v) is 15.6. The predicted molar refractivity (Wildman–Crippen MR) is 111 cm³/mol. The van der Waals surface area contributed by atoms with Gasteiger partial charge in [0.05, 0.1) is 0 Å². The molecule has 1 aliphatic heterocycles. The number of rotatable bonds is 2. The van der Waals surface area contributed by atoms with Crippen LogP contribution in [-0.2, 0) is 0 Å². The molecule has 0 radical (unpaired) electrons. The molecule has 132 valence electrons. The van der Waals surface area contributed by atoms with Crippen LogP contribution >= 0.6 is 11.8 Å². The molecular weight excluding hydrogens is 342 g/mol. The molecule has 1 saturated heterocycles. The lowest BCUT2D eigenvalue weighted by Crippen LogP contribution is -2.51. The molecule has 3 aromatic rings. The molecule has 4 rings (SSSR count). The van der Waals surface area contributed by atoms with Crippen LogP contribution in [-0.4, -0.2) is 36.4 Å². The summed E-state index contributed by atoms with van der Waals surface area (Å²) in [6.45, 7) is 4.93. The molecule has 1 atom stereocenters. The number of amidine groups is 1. The fraction of sp³-hybridized carbons (Fsp3) is 0.227. The van der Waals surface area contributed by atoms with Crippen molar-refractivity contribution >= 4 is 28.4 Å². The van der Waals surface area contributed by atoms with Crippen molar-refractivity contribution < 1.29 is 0 Å². The van der Waals surface area contributed by atoms with Gasteiger partial charge in [-0.05, 0) is 28.8 Å². The Labute approximate surface area is 159 Å². The van der Waals surface area contributed by atoms with E-state index in [1.165, 1.54) is 16.3 Å². The van der Waals surface area contributed by atoms with Gasteiger partial charge in [-0.25, -0.2) is 0 Å². The van der Waals surface area contributed by atoms with E-state index in [9.17, 15) is 0 Å². The minimum absolute atomic E-state index is 0.418. The Morgan fingerprint density at radius 1 is 1.00 bits per heavy atom. The van der Waals surface area contributed by atoms with Crippen LogP contribution in [0.1, 0.15) is 12.5 Å². The van der Waals surface area contributed by atoms with E-state index >= 15 is 0 Å². The smallest absolute Gasteiger partial charge is 0.151 e. The van der Waals surface area contributed by atoms with E-state index in [1.807, 2.05) is 0 Å². The van der Waals surface area contributed by atoms with Gasteiger partial charge in [-0.2, -0.15) is 4.51 Å². The van der Waals surface area contributed by atoms with Gasteiger partial charge < -0.3 is 10.2 Å². The number of nitrogens with zero attached hydrogens (tertiary/aromatic N) is 2. The third-order valence-corrected chi connectivity index (χ3v) is 5.16. The molecule has 3 aromatic carbocycles. The Bertz CT molecular complexity index is 946. The lowest BCUT2D eigenvalue weighted by Gasteiger charge is -2.34. The zero-order chi connectivity index (χ0) is 17.9. The number of nitrogens with one attached hydrogen (secondary N) is 1. The monoisotopic (exact) mass is 363 g/mol. The van der Waals surface area contributed by atoms with E-state index in [2.05, 4.69) is 88.4 Å². The summed E-state index contributed by atoms with van der Waals surface area (Å²) in [5, 5.41) is 5.95. The summed E-state index contributed by atoms with van der Waals surface area (Å²) in [4.78, 5) is 2.28. The van der Waals surface area contributed by atoms with Crippen molar-refractivity contribution in [1.82, 2.24) is 10.2 Å². The fourth-order valence-corrected chi connectivity index (χ4v) is 3.97. The van der Waals surface area contributed by atoms with Crippen LogP contribution in [0.4, 0.5) is 0 Å². The first-order valence-electron chi connectivity index (χ1n) is 9.03. The van der Waals surface area contributed by atoms with Gasteiger partial charge in [0.2, 0.25) is 0 Å². The van der Waals surface area contributed by atoms with Crippen LogP contribution in [0.2, 0.25) is 0 Å². The van der Waals surface area contributed by atoms with Crippen molar-refractivity contribution in [2.24, 2.45) is 4.51 Å². The van der Waals surface area contributed by atoms with Gasteiger partial charge in [0.1, 0.15) is 0 Å². The van der Waals surface area contributed by atoms with Gasteiger partial charge in [-0.15, -0.1) is 0 Å². The maximum absolute atomic E-state index is 6.09. The summed E-state index contributed by atoms with van der Waals surface area (Å²) in [5.74, 6) is 0.851. The molecule has 4 heteroatoms. The SMILES string of the molecule is CC1CN(/C(=N\Cl)c2ccccc2-c2cccc3ccccc23)CCN1. The van der Waals surface area contributed by atoms with Crippen LogP contribution in [0, 0.1) is 0 Å². The fourth-order valence-electron chi connectivity index (χ4n) is 3.77. The molecule has 0 saturated carbocycles. The van der Waals surface area contributed by atoms with Gasteiger partial charge in [0.25, 0.3) is 0 Å². The highest BCUT2D eigenvalue weighted by Crippen LogP contribution is 2.32. The Balaban J connectivity index is 1.84. The quantitative estimate of drug-likeness (QED) is 0.528. The summed E-state index contributed by atoms with van der Waals surface area (Å²) in [7, 11) is 0. The summed E-state index contributed by atoms with van der Waals surface area (Å²) in [6, 6.07) is 23.7.